The first-order valence-electron chi connectivity index (χ1n) is 12.5. The molecule has 1 atom stereocenters. The quantitative estimate of drug-likeness (QED) is 0.359. The Morgan fingerprint density at radius 3 is 2.36 bits per heavy atom. The summed E-state index contributed by atoms with van der Waals surface area (Å²) in [5.74, 6) is 1.61. The third kappa shape index (κ3) is 10.0. The number of aliphatic hydroxyl groups excluding tert-OH is 1. The molecular weight excluding hydrogens is 460 g/mol. The normalized spacial score (nSPS) is 12.2. The first-order valence-corrected chi connectivity index (χ1v) is 12.5. The molecular formula is C27H42N4O5. The van der Waals surface area contributed by atoms with Crippen molar-refractivity contribution in [1.82, 2.24) is 20.1 Å². The van der Waals surface area contributed by atoms with Crippen LogP contribution in [0.2, 0.25) is 0 Å². The number of nitrogens with one attached hydrogen (secondary N) is 1. The number of likely N-dealkylation sites (N-methyl/N-ethyl adjacent to an activating group) is 2. The molecule has 2 aromatic rings. The molecule has 2 N–H and O–H groups in total. The maximum absolute atomic E-state index is 12.5. The molecule has 0 aliphatic rings. The number of amides is 1. The number of hydrogen-bond acceptors (Lipinski definition) is 8. The number of ether oxygens (including phenoxy) is 3. The van der Waals surface area contributed by atoms with Crippen molar-refractivity contribution in [2.24, 2.45) is 0 Å². The van der Waals surface area contributed by atoms with Gasteiger partial charge < -0.3 is 34.4 Å². The number of benzene rings is 1. The van der Waals surface area contributed by atoms with Crippen LogP contribution in [0.1, 0.15) is 52.2 Å². The van der Waals surface area contributed by atoms with Gasteiger partial charge in [-0.1, -0.05) is 0 Å². The predicted molar refractivity (Wildman–Crippen MR) is 140 cm³/mol. The average molecular weight is 503 g/mol. The Balaban J connectivity index is 2.01. The Hall–Kier alpha value is -2.88. The minimum atomic E-state index is -1.22. The van der Waals surface area contributed by atoms with Crippen molar-refractivity contribution >= 4 is 5.91 Å². The lowest BCUT2D eigenvalue weighted by molar-refractivity contribution is -0.130. The highest BCUT2D eigenvalue weighted by Crippen LogP contribution is 2.35. The second-order valence-corrected chi connectivity index (χ2v) is 9.37. The topological polar surface area (TPSA) is 96.4 Å². The van der Waals surface area contributed by atoms with Crippen molar-refractivity contribution in [3.05, 3.63) is 47.8 Å². The first kappa shape index (κ1) is 29.4. The van der Waals surface area contributed by atoms with Crippen molar-refractivity contribution in [3.63, 3.8) is 0 Å². The van der Waals surface area contributed by atoms with Crippen LogP contribution in [0.15, 0.2) is 36.5 Å². The van der Waals surface area contributed by atoms with Crippen LogP contribution in [-0.4, -0.2) is 78.3 Å². The molecule has 1 amide bonds. The second kappa shape index (κ2) is 14.6. The number of nitrogens with zero attached hydrogens (tertiary/aromatic N) is 3. The number of aromatic nitrogens is 1. The van der Waals surface area contributed by atoms with Crippen molar-refractivity contribution in [1.29, 1.82) is 0 Å². The number of pyridine rings is 1. The van der Waals surface area contributed by atoms with E-state index in [0.717, 1.165) is 6.54 Å². The lowest BCUT2D eigenvalue weighted by Gasteiger charge is -2.23. The Bertz CT molecular complexity index is 952. The van der Waals surface area contributed by atoms with Gasteiger partial charge in [-0.15, -0.1) is 0 Å². The van der Waals surface area contributed by atoms with Crippen LogP contribution < -0.4 is 19.5 Å². The number of aliphatic hydroxyl groups is 1. The van der Waals surface area contributed by atoms with Gasteiger partial charge in [0.15, 0.2) is 11.5 Å². The average Bonchev–Trinajstić information content (AvgIpc) is 2.80. The number of carbonyl (C=O) groups excluding carboxylic acids is 1. The summed E-state index contributed by atoms with van der Waals surface area (Å²) in [6.07, 6.45) is 0.339. The fraction of sp³-hybridized carbons (Fsp3) is 0.556. The van der Waals surface area contributed by atoms with Crippen LogP contribution in [-0.2, 0) is 11.3 Å². The van der Waals surface area contributed by atoms with E-state index < -0.39 is 6.29 Å². The summed E-state index contributed by atoms with van der Waals surface area (Å²) in [5.41, 5.74) is 1.24. The van der Waals surface area contributed by atoms with Gasteiger partial charge in [-0.25, -0.2) is 0 Å². The van der Waals surface area contributed by atoms with Crippen LogP contribution in [0.4, 0.5) is 0 Å². The van der Waals surface area contributed by atoms with Gasteiger partial charge in [0.1, 0.15) is 5.75 Å². The predicted octanol–water partition coefficient (Wildman–Crippen LogP) is 3.23. The van der Waals surface area contributed by atoms with E-state index in [4.69, 9.17) is 14.2 Å². The molecule has 36 heavy (non-hydrogen) atoms. The highest BCUT2D eigenvalue weighted by Gasteiger charge is 2.17. The third-order valence-electron chi connectivity index (χ3n) is 5.15. The summed E-state index contributed by atoms with van der Waals surface area (Å²) in [6, 6.07) is 8.72. The molecule has 0 radical (unpaired) electrons. The van der Waals surface area contributed by atoms with Gasteiger partial charge in [0.05, 0.1) is 24.4 Å². The van der Waals surface area contributed by atoms with Gasteiger partial charge in [-0.3, -0.25) is 9.78 Å². The van der Waals surface area contributed by atoms with Crippen LogP contribution in [0, 0.1) is 0 Å². The van der Waals surface area contributed by atoms with Crippen LogP contribution in [0.3, 0.4) is 0 Å². The summed E-state index contributed by atoms with van der Waals surface area (Å²) in [7, 11) is 3.98. The van der Waals surface area contributed by atoms with E-state index in [1.165, 1.54) is 0 Å². The summed E-state index contributed by atoms with van der Waals surface area (Å²) >= 11 is 0. The first-order chi connectivity index (χ1) is 17.1. The Morgan fingerprint density at radius 2 is 1.72 bits per heavy atom. The fourth-order valence-electron chi connectivity index (χ4n) is 3.40. The molecule has 1 aromatic heterocycles. The number of carbonyl (C=O) groups is 1. The standard InChI is InChI=1S/C27H42N4O5/c1-8-31(14-13-30(6)7)26(32)18-28-17-22-15-21(11-12-29-22)27(33)36-24-10-9-23(34-19(2)3)16-25(24)35-20(4)5/h9-12,15-16,19-20,27-28,33H,8,13-14,17-18H2,1-7H3. The summed E-state index contributed by atoms with van der Waals surface area (Å²) in [4.78, 5) is 20.7. The van der Waals surface area contributed by atoms with E-state index in [2.05, 4.69) is 15.2 Å². The summed E-state index contributed by atoms with van der Waals surface area (Å²) in [6.45, 7) is 12.5. The van der Waals surface area contributed by atoms with Crippen molar-refractivity contribution < 1.29 is 24.1 Å². The molecule has 9 nitrogen and oxygen atoms in total. The van der Waals surface area contributed by atoms with E-state index in [1.807, 2.05) is 53.6 Å². The molecule has 0 spiro atoms. The molecule has 2 rings (SSSR count). The minimum absolute atomic E-state index is 0.0245. The molecule has 0 saturated carbocycles. The van der Waals surface area contributed by atoms with Crippen molar-refractivity contribution in [3.8, 4) is 17.2 Å². The van der Waals surface area contributed by atoms with Crippen molar-refractivity contribution in [2.45, 2.75) is 59.7 Å². The molecule has 1 aromatic carbocycles. The van der Waals surface area contributed by atoms with E-state index in [0.29, 0.717) is 48.1 Å². The van der Waals surface area contributed by atoms with E-state index >= 15 is 0 Å². The SMILES string of the molecule is CCN(CCN(C)C)C(=O)CNCc1cc(C(O)Oc2ccc(OC(C)C)cc2OC(C)C)ccn1. The van der Waals surface area contributed by atoms with Crippen LogP contribution in [0.25, 0.3) is 0 Å². The molecule has 0 fully saturated rings. The maximum Gasteiger partial charge on any atom is 0.236 e. The zero-order valence-electron chi connectivity index (χ0n) is 22.7. The highest BCUT2D eigenvalue weighted by molar-refractivity contribution is 5.78. The van der Waals surface area contributed by atoms with Gasteiger partial charge >= 0.3 is 0 Å². The van der Waals surface area contributed by atoms with Gasteiger partial charge in [-0.05, 0) is 73.0 Å². The van der Waals surface area contributed by atoms with Gasteiger partial charge in [0.25, 0.3) is 0 Å². The zero-order valence-corrected chi connectivity index (χ0v) is 22.7. The van der Waals surface area contributed by atoms with Gasteiger partial charge in [0, 0.05) is 44.0 Å². The molecule has 1 heterocycles. The van der Waals surface area contributed by atoms with Crippen LogP contribution >= 0.6 is 0 Å². The zero-order chi connectivity index (χ0) is 26.7. The van der Waals surface area contributed by atoms with E-state index in [9.17, 15) is 9.90 Å². The Labute approximate surface area is 215 Å². The number of rotatable bonds is 15. The lowest BCUT2D eigenvalue weighted by Crippen LogP contribution is -2.41. The lowest BCUT2D eigenvalue weighted by atomic mass is 10.2. The molecule has 0 aliphatic heterocycles. The summed E-state index contributed by atoms with van der Waals surface area (Å²) in [5, 5.41) is 13.9. The molecule has 9 heteroatoms. The molecule has 0 saturated heterocycles. The van der Waals surface area contributed by atoms with Gasteiger partial charge in [0.2, 0.25) is 12.2 Å². The summed E-state index contributed by atoms with van der Waals surface area (Å²) < 4.78 is 17.5. The largest absolute Gasteiger partial charge is 0.491 e. The van der Waals surface area contributed by atoms with E-state index in [-0.39, 0.29) is 24.7 Å². The van der Waals surface area contributed by atoms with Crippen LogP contribution in [0.5, 0.6) is 17.2 Å². The molecule has 1 unspecified atom stereocenters. The highest BCUT2D eigenvalue weighted by atomic mass is 16.6. The molecule has 0 bridgehead atoms. The monoisotopic (exact) mass is 502 g/mol. The van der Waals surface area contributed by atoms with Crippen molar-refractivity contribution in [2.75, 3.05) is 40.3 Å². The molecule has 0 aliphatic carbocycles. The second-order valence-electron chi connectivity index (χ2n) is 9.37. The van der Waals surface area contributed by atoms with E-state index in [1.54, 1.807) is 36.5 Å². The Morgan fingerprint density at radius 1 is 1.00 bits per heavy atom. The molecule has 200 valence electrons. The maximum atomic E-state index is 12.5. The number of hydrogen-bond donors (Lipinski definition) is 2. The van der Waals surface area contributed by atoms with Gasteiger partial charge in [-0.2, -0.15) is 0 Å². The smallest absolute Gasteiger partial charge is 0.236 e. The third-order valence-corrected chi connectivity index (χ3v) is 5.15. The minimum Gasteiger partial charge on any atom is -0.491 e. The Kier molecular flexibility index (Phi) is 11.9. The fourth-order valence-corrected chi connectivity index (χ4v) is 3.40.